The number of fused-ring (bicyclic) bond motifs is 3. The minimum absolute atomic E-state index is 0.360. The zero-order valence-electron chi connectivity index (χ0n) is 10.2. The predicted molar refractivity (Wildman–Crippen MR) is 70.4 cm³/mol. The van der Waals surface area contributed by atoms with Crippen molar-refractivity contribution in [2.75, 3.05) is 0 Å². The molecule has 1 aliphatic rings. The monoisotopic (exact) mass is 224 g/mol. The Balaban J connectivity index is 2.27. The van der Waals surface area contributed by atoms with Gasteiger partial charge in [0.2, 0.25) is 0 Å². The first-order valence-electron chi connectivity index (χ1n) is 6.11. The molecule has 0 unspecified atom stereocenters. The van der Waals surface area contributed by atoms with Crippen molar-refractivity contribution in [3.05, 3.63) is 53.1 Å². The van der Waals surface area contributed by atoms with Crippen LogP contribution in [0.2, 0.25) is 0 Å². The molecule has 0 saturated carbocycles. The molecule has 0 fully saturated rings. The van der Waals surface area contributed by atoms with Gasteiger partial charge in [0.25, 0.3) is 0 Å². The molecule has 0 heterocycles. The maximum Gasteiger partial charge on any atom is 0.119 e. The van der Waals surface area contributed by atoms with Gasteiger partial charge in [0.15, 0.2) is 0 Å². The van der Waals surface area contributed by atoms with Crippen molar-refractivity contribution in [2.24, 2.45) is 0 Å². The molecule has 0 aliphatic heterocycles. The highest BCUT2D eigenvalue weighted by molar-refractivity contribution is 5.79. The molecule has 1 N–H and O–H groups in total. The van der Waals surface area contributed by atoms with Gasteiger partial charge in [-0.2, -0.15) is 0 Å². The van der Waals surface area contributed by atoms with Crippen LogP contribution < -0.4 is 0 Å². The highest BCUT2D eigenvalue weighted by Gasteiger charge is 2.23. The molecule has 1 aliphatic carbocycles. The van der Waals surface area contributed by atoms with Crippen molar-refractivity contribution >= 4 is 0 Å². The average Bonchev–Trinajstić information content (AvgIpc) is 2.66. The second-order valence-corrected chi connectivity index (χ2v) is 5.01. The topological polar surface area (TPSA) is 20.2 Å². The lowest BCUT2D eigenvalue weighted by molar-refractivity contribution is 0.464. The molecule has 1 heteroatoms. The fourth-order valence-electron chi connectivity index (χ4n) is 2.87. The smallest absolute Gasteiger partial charge is 0.119 e. The standard InChI is InChI=1S/C16H16O/c1-10(2)16-14-9-11-5-3-4-6-12(11)13(14)7-8-15(16)17/h3-8,10,17H,9H2,1-2H3. The fraction of sp³-hybridized carbons (Fsp3) is 0.250. The molecular formula is C16H16O. The van der Waals surface area contributed by atoms with E-state index in [1.54, 1.807) is 0 Å². The number of rotatable bonds is 1. The van der Waals surface area contributed by atoms with E-state index in [1.807, 2.05) is 12.1 Å². The van der Waals surface area contributed by atoms with Gasteiger partial charge in [0.1, 0.15) is 5.75 Å². The lowest BCUT2D eigenvalue weighted by atomic mass is 9.92. The zero-order valence-corrected chi connectivity index (χ0v) is 10.2. The minimum Gasteiger partial charge on any atom is -0.508 e. The Hall–Kier alpha value is -1.76. The molecule has 17 heavy (non-hydrogen) atoms. The van der Waals surface area contributed by atoms with E-state index in [-0.39, 0.29) is 0 Å². The van der Waals surface area contributed by atoms with Gasteiger partial charge in [-0.3, -0.25) is 0 Å². The molecule has 0 aromatic heterocycles. The molecule has 0 atom stereocenters. The Kier molecular flexibility index (Phi) is 2.22. The summed E-state index contributed by atoms with van der Waals surface area (Å²) in [5.41, 5.74) is 6.40. The molecule has 1 nitrogen and oxygen atoms in total. The van der Waals surface area contributed by atoms with Crippen molar-refractivity contribution in [1.82, 2.24) is 0 Å². The summed E-state index contributed by atoms with van der Waals surface area (Å²) in [5, 5.41) is 10.0. The van der Waals surface area contributed by atoms with E-state index in [4.69, 9.17) is 0 Å². The molecule has 0 saturated heterocycles. The minimum atomic E-state index is 0.360. The molecular weight excluding hydrogens is 208 g/mol. The van der Waals surface area contributed by atoms with Crippen molar-refractivity contribution in [1.29, 1.82) is 0 Å². The number of phenols is 1. The summed E-state index contributed by atoms with van der Waals surface area (Å²) in [4.78, 5) is 0. The summed E-state index contributed by atoms with van der Waals surface area (Å²) < 4.78 is 0. The molecule has 2 aromatic carbocycles. The summed E-state index contributed by atoms with van der Waals surface area (Å²) >= 11 is 0. The first-order valence-corrected chi connectivity index (χ1v) is 6.11. The van der Waals surface area contributed by atoms with Gasteiger partial charge in [-0.25, -0.2) is 0 Å². The van der Waals surface area contributed by atoms with Crippen molar-refractivity contribution < 1.29 is 5.11 Å². The highest BCUT2D eigenvalue weighted by atomic mass is 16.3. The predicted octanol–water partition coefficient (Wildman–Crippen LogP) is 4.09. The fourth-order valence-corrected chi connectivity index (χ4v) is 2.87. The molecule has 3 rings (SSSR count). The third kappa shape index (κ3) is 1.46. The Morgan fingerprint density at radius 2 is 1.76 bits per heavy atom. The van der Waals surface area contributed by atoms with Gasteiger partial charge in [-0.15, -0.1) is 0 Å². The Morgan fingerprint density at radius 3 is 2.53 bits per heavy atom. The number of phenolic OH excluding ortho intramolecular Hbond substituents is 1. The van der Waals surface area contributed by atoms with Gasteiger partial charge in [-0.1, -0.05) is 44.2 Å². The maximum absolute atomic E-state index is 10.0. The van der Waals surface area contributed by atoms with Gasteiger partial charge >= 0.3 is 0 Å². The number of hydrogen-bond donors (Lipinski definition) is 1. The maximum atomic E-state index is 10.0. The van der Waals surface area contributed by atoms with Crippen LogP contribution in [0.15, 0.2) is 36.4 Å². The van der Waals surface area contributed by atoms with Crippen LogP contribution in [-0.2, 0) is 6.42 Å². The largest absolute Gasteiger partial charge is 0.508 e. The van der Waals surface area contributed by atoms with Crippen molar-refractivity contribution in [3.63, 3.8) is 0 Å². The van der Waals surface area contributed by atoms with Gasteiger partial charge in [0.05, 0.1) is 0 Å². The van der Waals surface area contributed by atoms with Crippen LogP contribution in [0, 0.1) is 0 Å². The van der Waals surface area contributed by atoms with Gasteiger partial charge < -0.3 is 5.11 Å². The van der Waals surface area contributed by atoms with Crippen LogP contribution in [0.4, 0.5) is 0 Å². The summed E-state index contributed by atoms with van der Waals surface area (Å²) in [5.74, 6) is 0.797. The Bertz CT molecular complexity index is 582. The first kappa shape index (κ1) is 10.4. The quantitative estimate of drug-likeness (QED) is 0.660. The summed E-state index contributed by atoms with van der Waals surface area (Å²) in [6, 6.07) is 12.4. The lowest BCUT2D eigenvalue weighted by Crippen LogP contribution is -1.95. The van der Waals surface area contributed by atoms with E-state index in [0.29, 0.717) is 11.7 Å². The van der Waals surface area contributed by atoms with Crippen LogP contribution in [0.3, 0.4) is 0 Å². The second kappa shape index (κ2) is 3.63. The van der Waals surface area contributed by atoms with E-state index >= 15 is 0 Å². The SMILES string of the molecule is CC(C)c1c(O)ccc2c1Cc1ccccc1-2. The van der Waals surface area contributed by atoms with E-state index in [2.05, 4.69) is 38.1 Å². The third-order valence-electron chi connectivity index (χ3n) is 3.59. The molecule has 0 amide bonds. The number of benzene rings is 2. The van der Waals surface area contributed by atoms with Crippen LogP contribution >= 0.6 is 0 Å². The molecule has 0 spiro atoms. The molecule has 86 valence electrons. The molecule has 0 bridgehead atoms. The molecule has 2 aromatic rings. The summed E-state index contributed by atoms with van der Waals surface area (Å²) in [7, 11) is 0. The second-order valence-electron chi connectivity index (χ2n) is 5.01. The number of hydrogen-bond acceptors (Lipinski definition) is 1. The molecule has 0 radical (unpaired) electrons. The summed E-state index contributed by atoms with van der Waals surface area (Å²) in [6.45, 7) is 4.27. The Morgan fingerprint density at radius 1 is 1.00 bits per heavy atom. The Labute approximate surface area is 102 Å². The average molecular weight is 224 g/mol. The van der Waals surface area contributed by atoms with Crippen molar-refractivity contribution in [2.45, 2.75) is 26.2 Å². The normalized spacial score (nSPS) is 12.6. The first-order chi connectivity index (χ1) is 8.18. The van der Waals surface area contributed by atoms with Crippen molar-refractivity contribution in [3.8, 4) is 16.9 Å². The summed E-state index contributed by atoms with van der Waals surface area (Å²) in [6.07, 6.45) is 0.952. The highest BCUT2D eigenvalue weighted by Crippen LogP contribution is 2.43. The van der Waals surface area contributed by atoms with Crippen LogP contribution in [0.1, 0.15) is 36.5 Å². The van der Waals surface area contributed by atoms with E-state index in [0.717, 1.165) is 12.0 Å². The number of aromatic hydroxyl groups is 1. The van der Waals surface area contributed by atoms with Crippen LogP contribution in [-0.4, -0.2) is 5.11 Å². The van der Waals surface area contributed by atoms with E-state index < -0.39 is 0 Å². The van der Waals surface area contributed by atoms with E-state index in [9.17, 15) is 5.11 Å². The third-order valence-corrected chi connectivity index (χ3v) is 3.59. The zero-order chi connectivity index (χ0) is 12.0. The van der Waals surface area contributed by atoms with Gasteiger partial charge in [0, 0.05) is 5.56 Å². The van der Waals surface area contributed by atoms with Gasteiger partial charge in [-0.05, 0) is 40.7 Å². The van der Waals surface area contributed by atoms with E-state index in [1.165, 1.54) is 22.3 Å². The van der Waals surface area contributed by atoms with Crippen LogP contribution in [0.25, 0.3) is 11.1 Å². The van der Waals surface area contributed by atoms with Crippen LogP contribution in [0.5, 0.6) is 5.75 Å². The lowest BCUT2D eigenvalue weighted by Gasteiger charge is -2.14.